The Bertz CT molecular complexity index is 525. The first-order valence-corrected chi connectivity index (χ1v) is 6.55. The summed E-state index contributed by atoms with van der Waals surface area (Å²) in [6, 6.07) is 4.03. The van der Waals surface area contributed by atoms with Crippen molar-refractivity contribution in [3.05, 3.63) is 38.9 Å². The van der Waals surface area contributed by atoms with Gasteiger partial charge >= 0.3 is 0 Å². The number of rotatable bonds is 3. The van der Waals surface area contributed by atoms with E-state index in [0.29, 0.717) is 5.56 Å². The van der Waals surface area contributed by atoms with E-state index in [0.717, 1.165) is 25.7 Å². The molecule has 1 aliphatic carbocycles. The van der Waals surface area contributed by atoms with Crippen molar-refractivity contribution in [1.82, 2.24) is 5.32 Å². The van der Waals surface area contributed by atoms with E-state index in [1.807, 2.05) is 6.92 Å². The first kappa shape index (κ1) is 13.8. The molecule has 0 aliphatic heterocycles. The molecule has 19 heavy (non-hydrogen) atoms. The van der Waals surface area contributed by atoms with Crippen LogP contribution in [0.25, 0.3) is 0 Å². The summed E-state index contributed by atoms with van der Waals surface area (Å²) in [7, 11) is 0. The molecule has 0 aromatic heterocycles. The zero-order chi connectivity index (χ0) is 14.0. The van der Waals surface area contributed by atoms with Crippen LogP contribution in [0.2, 0.25) is 5.02 Å². The smallest absolute Gasteiger partial charge is 0.287 e. The Hall–Kier alpha value is -1.62. The maximum absolute atomic E-state index is 12.1. The normalized spacial score (nSPS) is 17.2. The summed E-state index contributed by atoms with van der Waals surface area (Å²) in [5.74, 6) is -0.235. The largest absolute Gasteiger partial charge is 0.347 e. The second-order valence-electron chi connectivity index (χ2n) is 5.15. The molecule has 1 amide bonds. The Kier molecular flexibility index (Phi) is 3.75. The molecule has 0 spiro atoms. The molecule has 1 fully saturated rings. The summed E-state index contributed by atoms with van der Waals surface area (Å²) >= 11 is 5.80. The molecule has 0 unspecified atom stereocenters. The Morgan fingerprint density at radius 3 is 2.58 bits per heavy atom. The molecule has 1 N–H and O–H groups in total. The second-order valence-corrected chi connectivity index (χ2v) is 5.55. The van der Waals surface area contributed by atoms with Crippen LogP contribution in [-0.4, -0.2) is 16.4 Å². The molecular weight excluding hydrogens is 268 g/mol. The van der Waals surface area contributed by atoms with E-state index in [9.17, 15) is 14.9 Å². The van der Waals surface area contributed by atoms with Crippen LogP contribution in [0.5, 0.6) is 0 Å². The molecule has 5 nitrogen and oxygen atoms in total. The predicted octanol–water partition coefficient (Wildman–Crippen LogP) is 3.31. The number of hydrogen-bond donors (Lipinski definition) is 1. The van der Waals surface area contributed by atoms with E-state index in [2.05, 4.69) is 5.32 Å². The van der Waals surface area contributed by atoms with Crippen LogP contribution in [0.1, 0.15) is 43.0 Å². The van der Waals surface area contributed by atoms with Gasteiger partial charge in [0.1, 0.15) is 5.02 Å². The lowest BCUT2D eigenvalue weighted by Gasteiger charge is -2.25. The molecule has 0 bridgehead atoms. The maximum Gasteiger partial charge on any atom is 0.287 e. The van der Waals surface area contributed by atoms with E-state index in [4.69, 9.17) is 11.6 Å². The topological polar surface area (TPSA) is 72.2 Å². The zero-order valence-corrected chi connectivity index (χ0v) is 11.4. The molecule has 2 rings (SSSR count). The van der Waals surface area contributed by atoms with Gasteiger partial charge in [0.25, 0.3) is 11.6 Å². The van der Waals surface area contributed by atoms with Crippen molar-refractivity contribution in [3.8, 4) is 0 Å². The van der Waals surface area contributed by atoms with E-state index in [1.54, 1.807) is 0 Å². The average Bonchev–Trinajstić information content (AvgIpc) is 2.75. The second kappa shape index (κ2) is 5.17. The summed E-state index contributed by atoms with van der Waals surface area (Å²) < 4.78 is 0. The number of halogens is 1. The lowest BCUT2D eigenvalue weighted by molar-refractivity contribution is -0.384. The number of nitrogens with zero attached hydrogens (tertiary/aromatic N) is 1. The molecule has 0 heterocycles. The molecule has 0 atom stereocenters. The minimum absolute atomic E-state index is 0.0192. The summed E-state index contributed by atoms with van der Waals surface area (Å²) in [5, 5.41) is 13.6. The number of carbonyl (C=O) groups excluding carboxylic acids is 1. The third-order valence-corrected chi connectivity index (χ3v) is 3.83. The van der Waals surface area contributed by atoms with Gasteiger partial charge in [0.15, 0.2) is 0 Å². The number of hydrogen-bond acceptors (Lipinski definition) is 3. The van der Waals surface area contributed by atoms with Gasteiger partial charge in [0, 0.05) is 17.2 Å². The van der Waals surface area contributed by atoms with Crippen LogP contribution in [0, 0.1) is 10.1 Å². The van der Waals surface area contributed by atoms with Gasteiger partial charge in [-0.15, -0.1) is 0 Å². The number of nitro groups is 1. The fraction of sp³-hybridized carbons (Fsp3) is 0.462. The van der Waals surface area contributed by atoms with Gasteiger partial charge in [0.2, 0.25) is 0 Å². The summed E-state index contributed by atoms with van der Waals surface area (Å²) in [6.45, 7) is 2.02. The van der Waals surface area contributed by atoms with Crippen LogP contribution >= 0.6 is 11.6 Å². The van der Waals surface area contributed by atoms with Gasteiger partial charge in [-0.25, -0.2) is 0 Å². The highest BCUT2D eigenvalue weighted by Gasteiger charge is 2.30. The van der Waals surface area contributed by atoms with Gasteiger partial charge in [0.05, 0.1) is 4.92 Å². The zero-order valence-electron chi connectivity index (χ0n) is 10.6. The van der Waals surface area contributed by atoms with Crippen molar-refractivity contribution in [3.63, 3.8) is 0 Å². The highest BCUT2D eigenvalue weighted by molar-refractivity contribution is 6.33. The minimum atomic E-state index is -0.567. The van der Waals surface area contributed by atoms with Crippen LogP contribution in [0.3, 0.4) is 0 Å². The number of amides is 1. The average molecular weight is 283 g/mol. The molecule has 0 radical (unpaired) electrons. The third kappa shape index (κ3) is 3.04. The number of nitrogens with one attached hydrogen (secondary N) is 1. The highest BCUT2D eigenvalue weighted by atomic mass is 35.5. The van der Waals surface area contributed by atoms with Crippen LogP contribution in [-0.2, 0) is 0 Å². The van der Waals surface area contributed by atoms with Gasteiger partial charge in [-0.1, -0.05) is 24.4 Å². The van der Waals surface area contributed by atoms with Crippen LogP contribution < -0.4 is 5.32 Å². The van der Waals surface area contributed by atoms with Crippen molar-refractivity contribution < 1.29 is 9.72 Å². The van der Waals surface area contributed by atoms with E-state index in [1.165, 1.54) is 18.2 Å². The molecule has 6 heteroatoms. The number of carbonyl (C=O) groups is 1. The molecule has 0 saturated heterocycles. The minimum Gasteiger partial charge on any atom is -0.347 e. The third-order valence-electron chi connectivity index (χ3n) is 3.53. The lowest BCUT2D eigenvalue weighted by Crippen LogP contribution is -2.43. The van der Waals surface area contributed by atoms with Crippen molar-refractivity contribution in [2.45, 2.75) is 38.1 Å². The molecule has 1 aromatic carbocycles. The number of nitro benzene ring substituents is 1. The molecular formula is C13H15ClN2O3. The quantitative estimate of drug-likeness (QED) is 0.683. The van der Waals surface area contributed by atoms with Crippen molar-refractivity contribution >= 4 is 23.2 Å². The standard InChI is InChI=1S/C13H15ClN2O3/c1-13(6-2-3-7-13)15-12(17)9-4-5-11(16(18)19)10(14)8-9/h4-5,8H,2-3,6-7H2,1H3,(H,15,17). The predicted molar refractivity (Wildman–Crippen MR) is 72.4 cm³/mol. The van der Waals surface area contributed by atoms with Gasteiger partial charge in [-0.3, -0.25) is 14.9 Å². The first-order chi connectivity index (χ1) is 8.91. The molecule has 102 valence electrons. The fourth-order valence-corrected chi connectivity index (χ4v) is 2.67. The lowest BCUT2D eigenvalue weighted by atomic mass is 10.00. The van der Waals surface area contributed by atoms with Crippen LogP contribution in [0.15, 0.2) is 18.2 Å². The Balaban J connectivity index is 2.16. The van der Waals surface area contributed by atoms with Crippen molar-refractivity contribution in [1.29, 1.82) is 0 Å². The fourth-order valence-electron chi connectivity index (χ4n) is 2.42. The number of benzene rings is 1. The van der Waals surface area contributed by atoms with Gasteiger partial charge in [-0.05, 0) is 31.9 Å². The summed E-state index contributed by atoms with van der Waals surface area (Å²) in [5.41, 5.74) is -0.0141. The highest BCUT2D eigenvalue weighted by Crippen LogP contribution is 2.30. The van der Waals surface area contributed by atoms with E-state index < -0.39 is 4.92 Å². The maximum atomic E-state index is 12.1. The van der Waals surface area contributed by atoms with Gasteiger partial charge in [-0.2, -0.15) is 0 Å². The molecule has 1 aromatic rings. The van der Waals surface area contributed by atoms with E-state index >= 15 is 0 Å². The Morgan fingerprint density at radius 2 is 2.05 bits per heavy atom. The monoisotopic (exact) mass is 282 g/mol. The molecule has 1 aliphatic rings. The van der Waals surface area contributed by atoms with Crippen molar-refractivity contribution in [2.24, 2.45) is 0 Å². The Morgan fingerprint density at radius 1 is 1.42 bits per heavy atom. The molecule has 1 saturated carbocycles. The van der Waals surface area contributed by atoms with Crippen molar-refractivity contribution in [2.75, 3.05) is 0 Å². The summed E-state index contributed by atoms with van der Waals surface area (Å²) in [4.78, 5) is 22.2. The SMILES string of the molecule is CC1(NC(=O)c2ccc([N+](=O)[O-])c(Cl)c2)CCCC1. The van der Waals surface area contributed by atoms with E-state index in [-0.39, 0.29) is 22.2 Å². The first-order valence-electron chi connectivity index (χ1n) is 6.18. The Labute approximate surface area is 116 Å². The van der Waals surface area contributed by atoms with Gasteiger partial charge < -0.3 is 5.32 Å². The van der Waals surface area contributed by atoms with Crippen LogP contribution in [0.4, 0.5) is 5.69 Å². The summed E-state index contributed by atoms with van der Waals surface area (Å²) in [6.07, 6.45) is 4.13.